The van der Waals surface area contributed by atoms with E-state index in [-0.39, 0.29) is 0 Å². The normalized spacial score (nSPS) is 13.2. The van der Waals surface area contributed by atoms with Gasteiger partial charge in [-0.1, -0.05) is 45.7 Å². The van der Waals surface area contributed by atoms with E-state index < -0.39 is 0 Å². The lowest BCUT2D eigenvalue weighted by atomic mass is 9.92. The predicted molar refractivity (Wildman–Crippen MR) is 89.5 cm³/mol. The summed E-state index contributed by atoms with van der Waals surface area (Å²) < 4.78 is 1.31. The number of hydrogen-bond donors (Lipinski definition) is 1. The van der Waals surface area contributed by atoms with Gasteiger partial charge in [0.2, 0.25) is 0 Å². The smallest absolute Gasteiger partial charge is 0.0954 e. The summed E-state index contributed by atoms with van der Waals surface area (Å²) in [6.45, 7) is 7.93. The van der Waals surface area contributed by atoms with E-state index in [1.165, 1.54) is 29.0 Å². The number of rotatable bonds is 8. The summed E-state index contributed by atoms with van der Waals surface area (Å²) in [4.78, 5) is 4.79. The minimum atomic E-state index is 0.561. The fraction of sp³-hybridized carbons (Fsp3) is 0.588. The molecule has 0 amide bonds. The third-order valence-corrected chi connectivity index (χ3v) is 5.07. The van der Waals surface area contributed by atoms with Gasteiger partial charge in [0.15, 0.2) is 0 Å². The molecule has 0 aliphatic heterocycles. The Kier molecular flexibility index (Phi) is 5.99. The Morgan fingerprint density at radius 3 is 2.55 bits per heavy atom. The number of nitrogens with one attached hydrogen (secondary N) is 1. The highest BCUT2D eigenvalue weighted by atomic mass is 32.1. The zero-order valence-electron chi connectivity index (χ0n) is 12.9. The van der Waals surface area contributed by atoms with E-state index in [0.717, 1.165) is 24.4 Å². The lowest BCUT2D eigenvalue weighted by Crippen LogP contribution is -2.38. The van der Waals surface area contributed by atoms with E-state index >= 15 is 0 Å². The topological polar surface area (TPSA) is 24.9 Å². The highest BCUT2D eigenvalue weighted by Crippen LogP contribution is 2.25. The van der Waals surface area contributed by atoms with Crippen molar-refractivity contribution in [1.29, 1.82) is 0 Å². The molecule has 0 spiro atoms. The first-order chi connectivity index (χ1) is 9.78. The van der Waals surface area contributed by atoms with Crippen molar-refractivity contribution >= 4 is 21.6 Å². The molecule has 1 heterocycles. The van der Waals surface area contributed by atoms with Crippen LogP contribution in [-0.2, 0) is 6.42 Å². The molecule has 0 aliphatic carbocycles. The van der Waals surface area contributed by atoms with Gasteiger partial charge in [0, 0.05) is 12.5 Å². The lowest BCUT2D eigenvalue weighted by molar-refractivity contribution is 0.332. The molecule has 110 valence electrons. The molecular weight excluding hydrogens is 264 g/mol. The molecule has 2 rings (SSSR count). The molecule has 1 unspecified atom stereocenters. The van der Waals surface area contributed by atoms with Crippen LogP contribution in [0, 0.1) is 5.92 Å². The fourth-order valence-electron chi connectivity index (χ4n) is 2.79. The van der Waals surface area contributed by atoms with Crippen molar-refractivity contribution in [3.05, 3.63) is 29.3 Å². The van der Waals surface area contributed by atoms with Gasteiger partial charge in [0.05, 0.1) is 15.2 Å². The number of hydrogen-bond acceptors (Lipinski definition) is 3. The van der Waals surface area contributed by atoms with Gasteiger partial charge in [0.25, 0.3) is 0 Å². The van der Waals surface area contributed by atoms with Crippen molar-refractivity contribution in [2.75, 3.05) is 6.54 Å². The molecular formula is C17H26N2S. The maximum Gasteiger partial charge on any atom is 0.0954 e. The number of nitrogens with zero attached hydrogens (tertiary/aromatic N) is 1. The standard InChI is InChI=1S/C17H26N2S/c1-4-11-18-15(13(5-2)6-3)12-17-19-14-9-7-8-10-16(14)20-17/h7-10,13,15,18H,4-6,11-12H2,1-3H3. The van der Waals surface area contributed by atoms with Crippen LogP contribution in [0.2, 0.25) is 0 Å². The summed E-state index contributed by atoms with van der Waals surface area (Å²) in [5.74, 6) is 0.744. The lowest BCUT2D eigenvalue weighted by Gasteiger charge is -2.25. The zero-order valence-corrected chi connectivity index (χ0v) is 13.7. The van der Waals surface area contributed by atoms with Crippen LogP contribution in [-0.4, -0.2) is 17.6 Å². The van der Waals surface area contributed by atoms with E-state index in [2.05, 4.69) is 50.4 Å². The summed E-state index contributed by atoms with van der Waals surface area (Å²) in [6, 6.07) is 9.01. The van der Waals surface area contributed by atoms with Crippen molar-refractivity contribution in [2.45, 2.75) is 52.5 Å². The molecule has 1 aromatic heterocycles. The monoisotopic (exact) mass is 290 g/mol. The zero-order chi connectivity index (χ0) is 14.4. The predicted octanol–water partition coefficient (Wildman–Crippen LogP) is 4.64. The average Bonchev–Trinajstić information content (AvgIpc) is 2.88. The van der Waals surface area contributed by atoms with Crippen molar-refractivity contribution < 1.29 is 0 Å². The molecule has 1 atom stereocenters. The van der Waals surface area contributed by atoms with Crippen LogP contribution in [0.15, 0.2) is 24.3 Å². The second kappa shape index (κ2) is 7.75. The van der Waals surface area contributed by atoms with Crippen LogP contribution >= 0.6 is 11.3 Å². The van der Waals surface area contributed by atoms with Gasteiger partial charge in [-0.15, -0.1) is 11.3 Å². The van der Waals surface area contributed by atoms with Gasteiger partial charge >= 0.3 is 0 Å². The molecule has 1 aromatic carbocycles. The fourth-order valence-corrected chi connectivity index (χ4v) is 3.81. The molecule has 3 heteroatoms. The molecule has 2 aromatic rings. The molecule has 2 nitrogen and oxygen atoms in total. The quantitative estimate of drug-likeness (QED) is 0.766. The average molecular weight is 290 g/mol. The molecule has 0 saturated carbocycles. The molecule has 0 radical (unpaired) electrons. The van der Waals surface area contributed by atoms with E-state index in [1.54, 1.807) is 0 Å². The van der Waals surface area contributed by atoms with E-state index in [1.807, 2.05) is 11.3 Å². The van der Waals surface area contributed by atoms with Gasteiger partial charge in [-0.3, -0.25) is 0 Å². The molecule has 1 N–H and O–H groups in total. The van der Waals surface area contributed by atoms with Crippen LogP contribution in [0.3, 0.4) is 0 Å². The summed E-state index contributed by atoms with van der Waals surface area (Å²) in [5, 5.41) is 5.00. The molecule has 20 heavy (non-hydrogen) atoms. The van der Waals surface area contributed by atoms with Crippen LogP contribution in [0.25, 0.3) is 10.2 Å². The first-order valence-corrected chi connectivity index (χ1v) is 8.67. The summed E-state index contributed by atoms with van der Waals surface area (Å²) in [6.07, 6.45) is 4.73. The van der Waals surface area contributed by atoms with Crippen LogP contribution in [0.5, 0.6) is 0 Å². The Morgan fingerprint density at radius 1 is 1.15 bits per heavy atom. The van der Waals surface area contributed by atoms with Gasteiger partial charge in [-0.05, 0) is 31.0 Å². The molecule has 0 saturated heterocycles. The molecule has 0 bridgehead atoms. The van der Waals surface area contributed by atoms with Crippen LogP contribution in [0.1, 0.15) is 45.0 Å². The van der Waals surface area contributed by atoms with Crippen molar-refractivity contribution in [3.63, 3.8) is 0 Å². The minimum absolute atomic E-state index is 0.561. The Balaban J connectivity index is 2.12. The van der Waals surface area contributed by atoms with Gasteiger partial charge in [0.1, 0.15) is 0 Å². The van der Waals surface area contributed by atoms with Gasteiger partial charge in [-0.25, -0.2) is 4.98 Å². The Hall–Kier alpha value is -0.930. The number of para-hydroxylation sites is 1. The van der Waals surface area contributed by atoms with E-state index in [9.17, 15) is 0 Å². The van der Waals surface area contributed by atoms with E-state index in [4.69, 9.17) is 4.98 Å². The van der Waals surface area contributed by atoms with Crippen molar-refractivity contribution in [1.82, 2.24) is 10.3 Å². The Labute approximate surface area is 126 Å². The highest BCUT2D eigenvalue weighted by Gasteiger charge is 2.19. The third kappa shape index (κ3) is 3.80. The number of fused-ring (bicyclic) bond motifs is 1. The number of benzene rings is 1. The summed E-state index contributed by atoms with van der Waals surface area (Å²) >= 11 is 1.85. The summed E-state index contributed by atoms with van der Waals surface area (Å²) in [7, 11) is 0. The van der Waals surface area contributed by atoms with Crippen molar-refractivity contribution in [3.8, 4) is 0 Å². The molecule has 0 fully saturated rings. The second-order valence-electron chi connectivity index (χ2n) is 5.42. The van der Waals surface area contributed by atoms with Crippen molar-refractivity contribution in [2.24, 2.45) is 5.92 Å². The highest BCUT2D eigenvalue weighted by molar-refractivity contribution is 7.18. The van der Waals surface area contributed by atoms with Crippen LogP contribution in [0.4, 0.5) is 0 Å². The Morgan fingerprint density at radius 2 is 1.90 bits per heavy atom. The number of thiazole rings is 1. The maximum absolute atomic E-state index is 4.79. The minimum Gasteiger partial charge on any atom is -0.313 e. The summed E-state index contributed by atoms with van der Waals surface area (Å²) in [5.41, 5.74) is 1.14. The molecule has 0 aliphatic rings. The number of aromatic nitrogens is 1. The van der Waals surface area contributed by atoms with E-state index in [0.29, 0.717) is 6.04 Å². The largest absolute Gasteiger partial charge is 0.313 e. The third-order valence-electron chi connectivity index (χ3n) is 4.01. The maximum atomic E-state index is 4.79. The second-order valence-corrected chi connectivity index (χ2v) is 6.53. The van der Waals surface area contributed by atoms with Gasteiger partial charge in [-0.2, -0.15) is 0 Å². The Bertz CT molecular complexity index is 483. The first kappa shape index (κ1) is 15.5. The SMILES string of the molecule is CCCNC(Cc1nc2ccccc2s1)C(CC)CC. The first-order valence-electron chi connectivity index (χ1n) is 7.86. The van der Waals surface area contributed by atoms with Crippen LogP contribution < -0.4 is 5.32 Å². The van der Waals surface area contributed by atoms with Gasteiger partial charge < -0.3 is 5.32 Å².